The number of rotatable bonds is 4. The number of amides is 1. The summed E-state index contributed by atoms with van der Waals surface area (Å²) in [7, 11) is 0. The molecule has 0 saturated heterocycles. The van der Waals surface area contributed by atoms with Crippen LogP contribution in [0.5, 0.6) is 0 Å². The van der Waals surface area contributed by atoms with Crippen LogP contribution in [0.15, 0.2) is 30.3 Å². The number of benzene rings is 1. The van der Waals surface area contributed by atoms with Crippen molar-refractivity contribution in [2.24, 2.45) is 0 Å². The molecule has 5 nitrogen and oxygen atoms in total. The molecular weight excluding hydrogens is 280 g/mol. The summed E-state index contributed by atoms with van der Waals surface area (Å²) >= 11 is 6.03. The van der Waals surface area contributed by atoms with Crippen molar-refractivity contribution in [3.05, 3.63) is 41.2 Å². The number of halogens is 1. The number of carboxylic acid groups (broad SMARTS) is 1. The molecule has 0 aliphatic heterocycles. The average Bonchev–Trinajstić information content (AvgIpc) is 2.44. The van der Waals surface area contributed by atoms with Crippen molar-refractivity contribution in [1.82, 2.24) is 10.3 Å². The number of hydrogen-bond acceptors (Lipinski definition) is 3. The van der Waals surface area contributed by atoms with Gasteiger partial charge in [0.25, 0.3) is 5.91 Å². The number of carboxylic acids is 1. The van der Waals surface area contributed by atoms with Crippen LogP contribution < -0.4 is 5.32 Å². The first-order valence-corrected chi connectivity index (χ1v) is 6.49. The predicted molar refractivity (Wildman–Crippen MR) is 75.9 cm³/mol. The molecule has 6 heteroatoms. The van der Waals surface area contributed by atoms with E-state index >= 15 is 0 Å². The van der Waals surface area contributed by atoms with Crippen molar-refractivity contribution in [2.75, 3.05) is 0 Å². The Morgan fingerprint density at radius 2 is 2.10 bits per heavy atom. The number of aliphatic carboxylic acids is 1. The summed E-state index contributed by atoms with van der Waals surface area (Å²) < 4.78 is 0. The lowest BCUT2D eigenvalue weighted by Crippen LogP contribution is -2.40. The van der Waals surface area contributed by atoms with Crippen molar-refractivity contribution in [2.45, 2.75) is 19.4 Å². The van der Waals surface area contributed by atoms with Gasteiger partial charge in [0.1, 0.15) is 16.9 Å². The third-order valence-corrected chi connectivity index (χ3v) is 3.23. The van der Waals surface area contributed by atoms with Crippen LogP contribution in [-0.4, -0.2) is 28.0 Å². The monoisotopic (exact) mass is 292 g/mol. The Kier molecular flexibility index (Phi) is 4.20. The fourth-order valence-electron chi connectivity index (χ4n) is 1.84. The molecule has 20 heavy (non-hydrogen) atoms. The molecule has 0 spiro atoms. The van der Waals surface area contributed by atoms with Gasteiger partial charge in [0.2, 0.25) is 0 Å². The standard InChI is InChI=1S/C14H13ClN2O3/c1-2-10(14(19)20)17-13(18)11-7-8-5-3-4-6-9(8)12(15)16-11/h3-7,10H,2H2,1H3,(H,17,18)(H,19,20)/t10-/m1/s1. The van der Waals surface area contributed by atoms with E-state index in [9.17, 15) is 9.59 Å². The largest absolute Gasteiger partial charge is 0.480 e. The molecule has 0 unspecified atom stereocenters. The van der Waals surface area contributed by atoms with Gasteiger partial charge in [-0.3, -0.25) is 4.79 Å². The zero-order valence-electron chi connectivity index (χ0n) is 10.8. The van der Waals surface area contributed by atoms with Crippen molar-refractivity contribution in [1.29, 1.82) is 0 Å². The topological polar surface area (TPSA) is 79.3 Å². The highest BCUT2D eigenvalue weighted by molar-refractivity contribution is 6.34. The number of pyridine rings is 1. The quantitative estimate of drug-likeness (QED) is 0.849. The molecule has 0 radical (unpaired) electrons. The molecule has 2 aromatic rings. The maximum atomic E-state index is 12.0. The van der Waals surface area contributed by atoms with E-state index in [2.05, 4.69) is 10.3 Å². The Morgan fingerprint density at radius 1 is 1.40 bits per heavy atom. The van der Waals surface area contributed by atoms with Crippen molar-refractivity contribution in [3.63, 3.8) is 0 Å². The molecule has 1 atom stereocenters. The molecule has 1 aromatic heterocycles. The molecular formula is C14H13ClN2O3. The van der Waals surface area contributed by atoms with Gasteiger partial charge >= 0.3 is 5.97 Å². The molecule has 104 valence electrons. The highest BCUT2D eigenvalue weighted by atomic mass is 35.5. The van der Waals surface area contributed by atoms with Crippen molar-refractivity contribution in [3.8, 4) is 0 Å². The van der Waals surface area contributed by atoms with Crippen LogP contribution in [-0.2, 0) is 4.79 Å². The van der Waals surface area contributed by atoms with E-state index in [1.807, 2.05) is 18.2 Å². The first kappa shape index (κ1) is 14.3. The van der Waals surface area contributed by atoms with Crippen LogP contribution in [0.2, 0.25) is 5.15 Å². The van der Waals surface area contributed by atoms with Crippen molar-refractivity contribution >= 4 is 34.2 Å². The SMILES string of the molecule is CC[C@@H](NC(=O)c1cc2ccccc2c(Cl)n1)C(=O)O. The van der Waals surface area contributed by atoms with Crippen molar-refractivity contribution < 1.29 is 14.7 Å². The first-order chi connectivity index (χ1) is 9.52. The summed E-state index contributed by atoms with van der Waals surface area (Å²) in [5.41, 5.74) is 0.105. The predicted octanol–water partition coefficient (Wildman–Crippen LogP) is 2.48. The number of carbonyl (C=O) groups excluding carboxylic acids is 1. The summed E-state index contributed by atoms with van der Waals surface area (Å²) in [4.78, 5) is 26.9. The van der Waals surface area contributed by atoms with Crippen LogP contribution in [0.25, 0.3) is 10.8 Å². The summed E-state index contributed by atoms with van der Waals surface area (Å²) in [6.45, 7) is 1.68. The van der Waals surface area contributed by atoms with Gasteiger partial charge in [0, 0.05) is 5.39 Å². The second-order valence-corrected chi connectivity index (χ2v) is 4.65. The lowest BCUT2D eigenvalue weighted by atomic mass is 10.1. The summed E-state index contributed by atoms with van der Waals surface area (Å²) in [5, 5.41) is 13.1. The molecule has 0 bridgehead atoms. The summed E-state index contributed by atoms with van der Waals surface area (Å²) in [6.07, 6.45) is 0.294. The third-order valence-electron chi connectivity index (χ3n) is 2.94. The van der Waals surface area contributed by atoms with E-state index < -0.39 is 17.9 Å². The maximum absolute atomic E-state index is 12.0. The number of carbonyl (C=O) groups is 2. The minimum Gasteiger partial charge on any atom is -0.480 e. The van der Waals surface area contributed by atoms with Gasteiger partial charge in [-0.15, -0.1) is 0 Å². The lowest BCUT2D eigenvalue weighted by molar-refractivity contribution is -0.139. The van der Waals surface area contributed by atoms with E-state index in [-0.39, 0.29) is 10.8 Å². The molecule has 1 heterocycles. The number of aromatic nitrogens is 1. The minimum absolute atomic E-state index is 0.105. The summed E-state index contributed by atoms with van der Waals surface area (Å²) in [6, 6.07) is 7.92. The number of nitrogens with zero attached hydrogens (tertiary/aromatic N) is 1. The average molecular weight is 293 g/mol. The van der Waals surface area contributed by atoms with Crippen LogP contribution in [0.3, 0.4) is 0 Å². The highest BCUT2D eigenvalue weighted by Gasteiger charge is 2.20. The zero-order chi connectivity index (χ0) is 14.7. The molecule has 1 amide bonds. The van der Waals surface area contributed by atoms with Crippen LogP contribution in [0, 0.1) is 0 Å². The number of nitrogens with one attached hydrogen (secondary N) is 1. The lowest BCUT2D eigenvalue weighted by Gasteiger charge is -2.12. The van der Waals surface area contributed by atoms with Gasteiger partial charge in [-0.1, -0.05) is 42.8 Å². The maximum Gasteiger partial charge on any atom is 0.326 e. The molecule has 0 aliphatic carbocycles. The van der Waals surface area contributed by atoms with Gasteiger partial charge in [-0.05, 0) is 17.9 Å². The zero-order valence-corrected chi connectivity index (χ0v) is 11.5. The van der Waals surface area contributed by atoms with E-state index in [0.29, 0.717) is 6.42 Å². The van der Waals surface area contributed by atoms with Gasteiger partial charge in [-0.2, -0.15) is 0 Å². The fourth-order valence-corrected chi connectivity index (χ4v) is 2.11. The Balaban J connectivity index is 2.33. The van der Waals surface area contributed by atoms with Crippen LogP contribution >= 0.6 is 11.6 Å². The van der Waals surface area contributed by atoms with E-state index in [1.165, 1.54) is 0 Å². The summed E-state index contributed by atoms with van der Waals surface area (Å²) in [5.74, 6) is -1.63. The smallest absolute Gasteiger partial charge is 0.326 e. The van der Waals surface area contributed by atoms with E-state index in [1.54, 1.807) is 19.1 Å². The normalized spacial score (nSPS) is 12.1. The second kappa shape index (κ2) is 5.88. The Morgan fingerprint density at radius 3 is 2.75 bits per heavy atom. The molecule has 0 saturated carbocycles. The first-order valence-electron chi connectivity index (χ1n) is 6.12. The number of hydrogen-bond donors (Lipinski definition) is 2. The van der Waals surface area contributed by atoms with Crippen LogP contribution in [0.4, 0.5) is 0 Å². The Hall–Kier alpha value is -2.14. The van der Waals surface area contributed by atoms with E-state index in [0.717, 1.165) is 10.8 Å². The molecule has 0 aliphatic rings. The number of fused-ring (bicyclic) bond motifs is 1. The molecule has 2 N–H and O–H groups in total. The molecule has 2 rings (SSSR count). The van der Waals surface area contributed by atoms with Gasteiger partial charge < -0.3 is 10.4 Å². The van der Waals surface area contributed by atoms with Gasteiger partial charge in [0.05, 0.1) is 0 Å². The third kappa shape index (κ3) is 2.88. The second-order valence-electron chi connectivity index (χ2n) is 4.29. The Labute approximate surface area is 120 Å². The van der Waals surface area contributed by atoms with E-state index in [4.69, 9.17) is 16.7 Å². The Bertz CT molecular complexity index is 673. The van der Waals surface area contributed by atoms with Crippen LogP contribution in [0.1, 0.15) is 23.8 Å². The molecule has 0 fully saturated rings. The molecule has 1 aromatic carbocycles. The van der Waals surface area contributed by atoms with Gasteiger partial charge in [-0.25, -0.2) is 9.78 Å². The fraction of sp³-hybridized carbons (Fsp3) is 0.214. The minimum atomic E-state index is -1.08. The van der Waals surface area contributed by atoms with Gasteiger partial charge in [0.15, 0.2) is 0 Å². The highest BCUT2D eigenvalue weighted by Crippen LogP contribution is 2.22.